The highest BCUT2D eigenvalue weighted by atomic mass is 32.2. The van der Waals surface area contributed by atoms with Crippen molar-refractivity contribution in [2.45, 2.75) is 11.3 Å². The highest BCUT2D eigenvalue weighted by molar-refractivity contribution is 8.00. The van der Waals surface area contributed by atoms with Gasteiger partial charge in [-0.2, -0.15) is 0 Å². The van der Waals surface area contributed by atoms with Crippen LogP contribution >= 0.6 is 23.1 Å². The van der Waals surface area contributed by atoms with E-state index in [1.165, 1.54) is 34.5 Å². The number of anilines is 2. The molecular formula is C13H16N4O3S3. The Kier molecular flexibility index (Phi) is 5.27. The van der Waals surface area contributed by atoms with E-state index >= 15 is 0 Å². The SMILES string of the molecule is CSc1nnc(NC(=O)c2ccc(N(C)S(C)(=O)=O)c(C)c2)s1. The van der Waals surface area contributed by atoms with Crippen LogP contribution in [0.15, 0.2) is 22.5 Å². The van der Waals surface area contributed by atoms with E-state index in [1.807, 2.05) is 6.26 Å². The molecule has 0 aliphatic carbocycles. The van der Waals surface area contributed by atoms with Gasteiger partial charge in [0.1, 0.15) is 0 Å². The summed E-state index contributed by atoms with van der Waals surface area (Å²) in [6.07, 6.45) is 3.01. The molecule has 0 fully saturated rings. The molecule has 1 aromatic carbocycles. The predicted octanol–water partition coefficient (Wildman–Crippen LogP) is 2.22. The Morgan fingerprint density at radius 2 is 2.04 bits per heavy atom. The van der Waals surface area contributed by atoms with Gasteiger partial charge in [-0.05, 0) is 36.9 Å². The van der Waals surface area contributed by atoms with E-state index in [4.69, 9.17) is 0 Å². The van der Waals surface area contributed by atoms with Crippen molar-refractivity contribution in [3.8, 4) is 0 Å². The second-order valence-electron chi connectivity index (χ2n) is 4.76. The van der Waals surface area contributed by atoms with Gasteiger partial charge >= 0.3 is 0 Å². The Morgan fingerprint density at radius 1 is 1.35 bits per heavy atom. The molecule has 0 radical (unpaired) electrons. The number of thioether (sulfide) groups is 1. The number of benzene rings is 1. The number of rotatable bonds is 5. The number of carbonyl (C=O) groups is 1. The van der Waals surface area contributed by atoms with Gasteiger partial charge < -0.3 is 0 Å². The van der Waals surface area contributed by atoms with Crippen LogP contribution in [0, 0.1) is 6.92 Å². The van der Waals surface area contributed by atoms with Gasteiger partial charge in [-0.15, -0.1) is 10.2 Å². The fourth-order valence-electron chi connectivity index (χ4n) is 1.84. The zero-order chi connectivity index (χ0) is 17.2. The lowest BCUT2D eigenvalue weighted by Crippen LogP contribution is -2.25. The monoisotopic (exact) mass is 372 g/mol. The molecule has 0 bridgehead atoms. The lowest BCUT2D eigenvalue weighted by molar-refractivity contribution is 0.102. The van der Waals surface area contributed by atoms with Gasteiger partial charge in [-0.3, -0.25) is 14.4 Å². The fraction of sp³-hybridized carbons (Fsp3) is 0.308. The Bertz CT molecular complexity index is 833. The van der Waals surface area contributed by atoms with Gasteiger partial charge in [0, 0.05) is 12.6 Å². The summed E-state index contributed by atoms with van der Waals surface area (Å²) in [6.45, 7) is 1.75. The number of hydrogen-bond acceptors (Lipinski definition) is 7. The van der Waals surface area contributed by atoms with Crippen LogP contribution in [-0.2, 0) is 10.0 Å². The number of nitrogens with one attached hydrogen (secondary N) is 1. The van der Waals surface area contributed by atoms with Gasteiger partial charge in [0.05, 0.1) is 11.9 Å². The van der Waals surface area contributed by atoms with Crippen molar-refractivity contribution < 1.29 is 13.2 Å². The normalized spacial score (nSPS) is 11.3. The quantitative estimate of drug-likeness (QED) is 0.639. The molecule has 0 aliphatic heterocycles. The molecule has 2 aromatic rings. The number of carbonyl (C=O) groups excluding carboxylic acids is 1. The lowest BCUT2D eigenvalue weighted by atomic mass is 10.1. The van der Waals surface area contributed by atoms with Crippen LogP contribution in [0.3, 0.4) is 0 Å². The lowest BCUT2D eigenvalue weighted by Gasteiger charge is -2.19. The number of aromatic nitrogens is 2. The molecule has 7 nitrogen and oxygen atoms in total. The summed E-state index contributed by atoms with van der Waals surface area (Å²) in [5.41, 5.74) is 1.64. The molecule has 0 saturated heterocycles. The molecule has 0 aliphatic rings. The summed E-state index contributed by atoms with van der Waals surface area (Å²) in [7, 11) is -1.87. The third-order valence-corrected chi connectivity index (χ3v) is 6.10. The summed E-state index contributed by atoms with van der Waals surface area (Å²) in [5.74, 6) is -0.314. The Labute approximate surface area is 143 Å². The molecule has 1 heterocycles. The van der Waals surface area contributed by atoms with Gasteiger partial charge in [-0.1, -0.05) is 23.1 Å². The summed E-state index contributed by atoms with van der Waals surface area (Å²) in [5, 5.41) is 10.9. The summed E-state index contributed by atoms with van der Waals surface area (Å²) in [4.78, 5) is 12.2. The van der Waals surface area contributed by atoms with E-state index in [0.717, 1.165) is 10.6 Å². The largest absolute Gasteiger partial charge is 0.296 e. The fourth-order valence-corrected chi connectivity index (χ4v) is 3.57. The first-order chi connectivity index (χ1) is 10.7. The molecule has 23 heavy (non-hydrogen) atoms. The molecule has 1 amide bonds. The van der Waals surface area contributed by atoms with Crippen LogP contribution in [0.25, 0.3) is 0 Å². The maximum absolute atomic E-state index is 12.2. The molecule has 1 N–H and O–H groups in total. The van der Waals surface area contributed by atoms with E-state index in [2.05, 4.69) is 15.5 Å². The number of sulfonamides is 1. The van der Waals surface area contributed by atoms with Gasteiger partial charge in [0.25, 0.3) is 5.91 Å². The molecule has 2 rings (SSSR count). The summed E-state index contributed by atoms with van der Waals surface area (Å²) < 4.78 is 25.2. The molecule has 0 unspecified atom stereocenters. The highest BCUT2D eigenvalue weighted by Gasteiger charge is 2.16. The van der Waals surface area contributed by atoms with Gasteiger partial charge in [0.2, 0.25) is 15.2 Å². The van der Waals surface area contributed by atoms with Gasteiger partial charge in [0.15, 0.2) is 4.34 Å². The molecule has 10 heteroatoms. The van der Waals surface area contributed by atoms with Crippen molar-refractivity contribution in [3.05, 3.63) is 29.3 Å². The van der Waals surface area contributed by atoms with Crippen molar-refractivity contribution in [1.29, 1.82) is 0 Å². The van der Waals surface area contributed by atoms with Crippen molar-refractivity contribution in [1.82, 2.24) is 10.2 Å². The number of aryl methyl sites for hydroxylation is 1. The topological polar surface area (TPSA) is 92.3 Å². The van der Waals surface area contributed by atoms with E-state index in [0.29, 0.717) is 21.9 Å². The standard InChI is InChI=1S/C13H16N4O3S3/c1-8-7-9(5-6-10(8)17(2)23(4,19)20)11(18)14-12-15-16-13(21-3)22-12/h5-7H,1-4H3,(H,14,15,18). The maximum atomic E-state index is 12.2. The van der Waals surface area contributed by atoms with Crippen molar-refractivity contribution in [2.75, 3.05) is 29.2 Å². The van der Waals surface area contributed by atoms with Crippen molar-refractivity contribution in [3.63, 3.8) is 0 Å². The minimum Gasteiger partial charge on any atom is -0.296 e. The average molecular weight is 372 g/mol. The third kappa shape index (κ3) is 4.21. The van der Waals surface area contributed by atoms with Crippen LogP contribution in [0.2, 0.25) is 0 Å². The van der Waals surface area contributed by atoms with E-state index in [1.54, 1.807) is 25.1 Å². The Balaban J connectivity index is 2.21. The van der Waals surface area contributed by atoms with E-state index in [9.17, 15) is 13.2 Å². The van der Waals surface area contributed by atoms with Gasteiger partial charge in [-0.25, -0.2) is 8.42 Å². The summed E-state index contributed by atoms with van der Waals surface area (Å²) in [6, 6.07) is 4.83. The van der Waals surface area contributed by atoms with Crippen molar-refractivity contribution >= 4 is 49.8 Å². The second kappa shape index (κ2) is 6.85. The first-order valence-electron chi connectivity index (χ1n) is 6.45. The second-order valence-corrected chi connectivity index (χ2v) is 8.81. The minimum absolute atomic E-state index is 0.314. The minimum atomic E-state index is -3.35. The number of nitrogens with zero attached hydrogens (tertiary/aromatic N) is 3. The van der Waals surface area contributed by atoms with Crippen molar-refractivity contribution in [2.24, 2.45) is 0 Å². The van der Waals surface area contributed by atoms with Crippen LogP contribution in [0.4, 0.5) is 10.8 Å². The first-order valence-corrected chi connectivity index (χ1v) is 10.3. The molecule has 0 atom stereocenters. The Hall–Kier alpha value is -1.65. The third-order valence-electron chi connectivity index (χ3n) is 3.10. The first kappa shape index (κ1) is 17.7. The van der Waals surface area contributed by atoms with Crippen LogP contribution in [-0.4, -0.2) is 44.1 Å². The van der Waals surface area contributed by atoms with E-state index in [-0.39, 0.29) is 5.91 Å². The number of amides is 1. The molecular weight excluding hydrogens is 356 g/mol. The maximum Gasteiger partial charge on any atom is 0.257 e. The summed E-state index contributed by atoms with van der Waals surface area (Å²) >= 11 is 2.75. The smallest absolute Gasteiger partial charge is 0.257 e. The zero-order valence-electron chi connectivity index (χ0n) is 13.0. The Morgan fingerprint density at radius 3 is 2.57 bits per heavy atom. The number of hydrogen-bond donors (Lipinski definition) is 1. The molecule has 0 saturated carbocycles. The van der Waals surface area contributed by atoms with E-state index < -0.39 is 10.0 Å². The zero-order valence-corrected chi connectivity index (χ0v) is 15.5. The van der Waals surface area contributed by atoms with Crippen LogP contribution in [0.5, 0.6) is 0 Å². The predicted molar refractivity (Wildman–Crippen MR) is 94.1 cm³/mol. The van der Waals surface area contributed by atoms with Crippen LogP contribution in [0.1, 0.15) is 15.9 Å². The molecule has 0 spiro atoms. The molecule has 124 valence electrons. The molecule has 1 aromatic heterocycles. The highest BCUT2D eigenvalue weighted by Crippen LogP contribution is 2.25. The average Bonchev–Trinajstić information content (AvgIpc) is 2.93. The van der Waals surface area contributed by atoms with Crippen LogP contribution < -0.4 is 9.62 Å².